The van der Waals surface area contributed by atoms with Crippen molar-refractivity contribution in [3.63, 3.8) is 0 Å². The van der Waals surface area contributed by atoms with Crippen molar-refractivity contribution in [1.29, 1.82) is 0 Å². The number of pyridine rings is 2. The molecule has 25 heavy (non-hydrogen) atoms. The quantitative estimate of drug-likeness (QED) is 0.907. The maximum absolute atomic E-state index is 12.6. The minimum absolute atomic E-state index is 0.0821. The largest absolute Gasteiger partial charge is 0.381 e. The molecular weight excluding hydrogens is 318 g/mol. The zero-order valence-electron chi connectivity index (χ0n) is 14.2. The number of hydrogen-bond donors (Lipinski definition) is 1. The van der Waals surface area contributed by atoms with E-state index in [0.29, 0.717) is 18.6 Å². The molecule has 132 valence electrons. The van der Waals surface area contributed by atoms with Gasteiger partial charge in [0.25, 0.3) is 5.56 Å². The van der Waals surface area contributed by atoms with Gasteiger partial charge in [-0.05, 0) is 43.9 Å². The number of aromatic nitrogens is 2. The molecule has 2 aliphatic heterocycles. The van der Waals surface area contributed by atoms with Gasteiger partial charge in [-0.2, -0.15) is 0 Å². The lowest BCUT2D eigenvalue weighted by Crippen LogP contribution is -2.43. The molecule has 0 aliphatic carbocycles. The van der Waals surface area contributed by atoms with Crippen LogP contribution in [0.25, 0.3) is 10.9 Å². The highest BCUT2D eigenvalue weighted by atomic mass is 16.5. The van der Waals surface area contributed by atoms with E-state index in [1.54, 1.807) is 18.3 Å². The number of likely N-dealkylation sites (tertiary alicyclic amines) is 1. The fourth-order valence-electron chi connectivity index (χ4n) is 3.94. The molecule has 6 heteroatoms. The molecule has 0 bridgehead atoms. The van der Waals surface area contributed by atoms with E-state index in [2.05, 4.69) is 9.97 Å². The van der Waals surface area contributed by atoms with Gasteiger partial charge in [0.05, 0.1) is 10.9 Å². The van der Waals surface area contributed by atoms with Crippen LogP contribution >= 0.6 is 0 Å². The molecule has 2 aromatic heterocycles. The van der Waals surface area contributed by atoms with Gasteiger partial charge in [-0.1, -0.05) is 0 Å². The number of hydrogen-bond acceptors (Lipinski definition) is 4. The minimum atomic E-state index is -0.0821. The maximum atomic E-state index is 12.6. The normalized spacial score (nSPS) is 20.1. The molecule has 0 radical (unpaired) electrons. The summed E-state index contributed by atoms with van der Waals surface area (Å²) in [4.78, 5) is 34.2. The lowest BCUT2D eigenvalue weighted by molar-refractivity contribution is -0.139. The van der Waals surface area contributed by atoms with Crippen LogP contribution in [-0.4, -0.2) is 47.1 Å². The Morgan fingerprint density at radius 1 is 1.20 bits per heavy atom. The fourth-order valence-corrected chi connectivity index (χ4v) is 3.94. The lowest BCUT2D eigenvalue weighted by Gasteiger charge is -2.35. The van der Waals surface area contributed by atoms with Crippen molar-refractivity contribution < 1.29 is 9.53 Å². The van der Waals surface area contributed by atoms with Crippen LogP contribution in [0.4, 0.5) is 0 Å². The van der Waals surface area contributed by atoms with Crippen molar-refractivity contribution in [1.82, 2.24) is 14.9 Å². The van der Waals surface area contributed by atoms with Crippen LogP contribution < -0.4 is 5.56 Å². The van der Waals surface area contributed by atoms with Gasteiger partial charge in [0.1, 0.15) is 0 Å². The highest BCUT2D eigenvalue weighted by Crippen LogP contribution is 2.29. The van der Waals surface area contributed by atoms with Crippen LogP contribution in [0.2, 0.25) is 0 Å². The number of nitrogens with one attached hydrogen (secondary N) is 1. The second-order valence-electron chi connectivity index (χ2n) is 6.98. The van der Waals surface area contributed by atoms with E-state index in [0.717, 1.165) is 50.0 Å². The van der Waals surface area contributed by atoms with Crippen molar-refractivity contribution in [2.75, 3.05) is 26.3 Å². The molecule has 0 atom stereocenters. The van der Waals surface area contributed by atoms with E-state index < -0.39 is 0 Å². The van der Waals surface area contributed by atoms with Crippen molar-refractivity contribution in [2.45, 2.75) is 31.6 Å². The van der Waals surface area contributed by atoms with Gasteiger partial charge in [-0.3, -0.25) is 14.6 Å². The molecule has 0 unspecified atom stereocenters. The molecule has 1 amide bonds. The average molecular weight is 341 g/mol. The Labute approximate surface area is 146 Å². The molecule has 2 aliphatic rings. The summed E-state index contributed by atoms with van der Waals surface area (Å²) in [5.74, 6) is 0.670. The van der Waals surface area contributed by atoms with Crippen molar-refractivity contribution in [3.8, 4) is 0 Å². The Hall–Kier alpha value is -2.21. The predicted molar refractivity (Wildman–Crippen MR) is 94.5 cm³/mol. The number of nitrogens with zero attached hydrogens (tertiary/aromatic N) is 2. The Balaban J connectivity index is 1.45. The Bertz CT molecular complexity index is 818. The van der Waals surface area contributed by atoms with Crippen LogP contribution in [0.15, 0.2) is 29.2 Å². The molecular formula is C19H23N3O3. The third-order valence-corrected chi connectivity index (χ3v) is 5.45. The van der Waals surface area contributed by atoms with Gasteiger partial charge in [0.15, 0.2) is 0 Å². The van der Waals surface area contributed by atoms with E-state index >= 15 is 0 Å². The molecule has 4 rings (SSSR count). The Morgan fingerprint density at radius 3 is 2.72 bits per heavy atom. The van der Waals surface area contributed by atoms with E-state index in [4.69, 9.17) is 4.74 Å². The zero-order chi connectivity index (χ0) is 17.2. The molecule has 2 aromatic rings. The van der Waals surface area contributed by atoms with Gasteiger partial charge < -0.3 is 14.6 Å². The first-order valence-electron chi connectivity index (χ1n) is 9.07. The molecule has 0 aromatic carbocycles. The number of piperidine rings is 1. The number of ether oxygens (including phenoxy) is 1. The highest BCUT2D eigenvalue weighted by Gasteiger charge is 2.30. The van der Waals surface area contributed by atoms with Gasteiger partial charge in [-0.15, -0.1) is 0 Å². The van der Waals surface area contributed by atoms with Crippen molar-refractivity contribution in [2.24, 2.45) is 5.92 Å². The molecule has 2 fully saturated rings. The molecule has 2 saturated heterocycles. The summed E-state index contributed by atoms with van der Waals surface area (Å²) >= 11 is 0. The number of amides is 1. The summed E-state index contributed by atoms with van der Waals surface area (Å²) in [5.41, 5.74) is 1.60. The number of carbonyl (C=O) groups excluding carboxylic acids is 1. The summed E-state index contributed by atoms with van der Waals surface area (Å²) in [6.45, 7) is 2.89. The molecule has 4 heterocycles. The monoisotopic (exact) mass is 341 g/mol. The minimum Gasteiger partial charge on any atom is -0.381 e. The van der Waals surface area contributed by atoms with E-state index in [1.165, 1.54) is 0 Å². The molecule has 0 saturated carbocycles. The second-order valence-corrected chi connectivity index (χ2v) is 6.98. The zero-order valence-corrected chi connectivity index (χ0v) is 14.2. The van der Waals surface area contributed by atoms with Crippen LogP contribution in [-0.2, 0) is 9.53 Å². The van der Waals surface area contributed by atoms with Crippen LogP contribution in [0.1, 0.15) is 37.3 Å². The first-order valence-corrected chi connectivity index (χ1v) is 9.07. The predicted octanol–water partition coefficient (Wildman–Crippen LogP) is 2.06. The molecule has 6 nitrogen and oxygen atoms in total. The van der Waals surface area contributed by atoms with Gasteiger partial charge in [0.2, 0.25) is 5.91 Å². The third-order valence-electron chi connectivity index (χ3n) is 5.45. The number of carbonyl (C=O) groups is 1. The summed E-state index contributed by atoms with van der Waals surface area (Å²) in [7, 11) is 0. The fraction of sp³-hybridized carbons (Fsp3) is 0.526. The topological polar surface area (TPSA) is 75.3 Å². The summed E-state index contributed by atoms with van der Waals surface area (Å²) in [6.07, 6.45) is 5.14. The van der Waals surface area contributed by atoms with Gasteiger partial charge >= 0.3 is 0 Å². The number of rotatable bonds is 2. The second kappa shape index (κ2) is 6.96. The average Bonchev–Trinajstić information content (AvgIpc) is 2.68. The number of aromatic amines is 1. The van der Waals surface area contributed by atoms with E-state index in [-0.39, 0.29) is 23.3 Å². The summed E-state index contributed by atoms with van der Waals surface area (Å²) < 4.78 is 5.35. The van der Waals surface area contributed by atoms with Crippen LogP contribution in [0, 0.1) is 5.92 Å². The van der Waals surface area contributed by atoms with Crippen molar-refractivity contribution in [3.05, 3.63) is 40.4 Å². The summed E-state index contributed by atoms with van der Waals surface area (Å²) in [5, 5.41) is 0.624. The Morgan fingerprint density at radius 2 is 1.96 bits per heavy atom. The van der Waals surface area contributed by atoms with Gasteiger partial charge in [0, 0.05) is 50.0 Å². The Kier molecular flexibility index (Phi) is 4.53. The maximum Gasteiger partial charge on any atom is 0.257 e. The third kappa shape index (κ3) is 3.31. The molecule has 0 spiro atoms. The highest BCUT2D eigenvalue weighted by molar-refractivity contribution is 5.79. The number of fused-ring (bicyclic) bond motifs is 1. The van der Waals surface area contributed by atoms with Crippen LogP contribution in [0.3, 0.4) is 0 Å². The smallest absolute Gasteiger partial charge is 0.257 e. The lowest BCUT2D eigenvalue weighted by atomic mass is 9.91. The number of H-pyrrole nitrogens is 1. The van der Waals surface area contributed by atoms with E-state index in [1.807, 2.05) is 11.0 Å². The SMILES string of the molecule is O=C(C1CCOCC1)N1CCC(c2cc3ncccc3c(=O)[nH]2)CC1. The standard InChI is InChI=1S/C19H23N3O3/c23-18-15-2-1-7-20-17(15)12-16(21-18)13-3-8-22(9-4-13)19(24)14-5-10-25-11-6-14/h1-2,7,12-14H,3-6,8-11H2,(H,21,23). The van der Waals surface area contributed by atoms with Crippen molar-refractivity contribution >= 4 is 16.8 Å². The molecule has 1 N–H and O–H groups in total. The first-order chi connectivity index (χ1) is 12.2. The summed E-state index contributed by atoms with van der Waals surface area (Å²) in [6, 6.07) is 5.55. The van der Waals surface area contributed by atoms with Gasteiger partial charge in [-0.25, -0.2) is 0 Å². The first kappa shape index (κ1) is 16.3. The van der Waals surface area contributed by atoms with Crippen LogP contribution in [0.5, 0.6) is 0 Å². The van der Waals surface area contributed by atoms with E-state index in [9.17, 15) is 9.59 Å².